The van der Waals surface area contributed by atoms with Crippen molar-refractivity contribution < 1.29 is 0 Å². The number of fused-ring (bicyclic) bond motifs is 8. The van der Waals surface area contributed by atoms with Crippen molar-refractivity contribution in [2.45, 2.75) is 66.2 Å². The first-order valence-electron chi connectivity index (χ1n) is 10.9. The van der Waals surface area contributed by atoms with Crippen LogP contribution in [0.25, 0.3) is 0 Å². The van der Waals surface area contributed by atoms with E-state index in [1.165, 1.54) is 11.4 Å². The second-order valence-electron chi connectivity index (χ2n) is 11.2. The van der Waals surface area contributed by atoms with E-state index in [-0.39, 0.29) is 21.7 Å². The highest BCUT2D eigenvalue weighted by atomic mass is 14.9. The molecule has 30 heavy (non-hydrogen) atoms. The Morgan fingerprint density at radius 2 is 0.933 bits per heavy atom. The van der Waals surface area contributed by atoms with Crippen LogP contribution in [-0.4, -0.2) is 21.4 Å². The van der Waals surface area contributed by atoms with E-state index in [4.69, 9.17) is 9.98 Å². The lowest BCUT2D eigenvalue weighted by Crippen LogP contribution is -2.23. The summed E-state index contributed by atoms with van der Waals surface area (Å²) in [7, 11) is 0. The maximum atomic E-state index is 5.17. The SMILES string of the molecule is CC1(C)C=C2N=C1c1ccc([nH]1)C(C)(C)C1=CC(C)(C)C(=N1)c1ccc([nH]1)C2(C)C. The first-order valence-corrected chi connectivity index (χ1v) is 10.9. The molecule has 0 spiro atoms. The van der Waals surface area contributed by atoms with Gasteiger partial charge in [0.15, 0.2) is 0 Å². The Hall–Kier alpha value is -2.62. The van der Waals surface area contributed by atoms with E-state index >= 15 is 0 Å². The number of aliphatic imine (C=N–C) groups is 2. The van der Waals surface area contributed by atoms with E-state index < -0.39 is 0 Å². The number of allylic oxidation sites excluding steroid dienone is 4. The van der Waals surface area contributed by atoms with E-state index in [1.54, 1.807) is 0 Å². The zero-order valence-corrected chi connectivity index (χ0v) is 19.4. The molecule has 4 heteroatoms. The third-order valence-electron chi connectivity index (χ3n) is 7.19. The van der Waals surface area contributed by atoms with E-state index in [9.17, 15) is 0 Å². The predicted molar refractivity (Wildman–Crippen MR) is 124 cm³/mol. The molecule has 5 rings (SSSR count). The van der Waals surface area contributed by atoms with Crippen molar-refractivity contribution >= 4 is 11.4 Å². The highest BCUT2D eigenvalue weighted by Crippen LogP contribution is 2.45. The van der Waals surface area contributed by atoms with Gasteiger partial charge in [-0.25, -0.2) is 0 Å². The van der Waals surface area contributed by atoms with Gasteiger partial charge >= 0.3 is 0 Å². The third kappa shape index (κ3) is 2.52. The summed E-state index contributed by atoms with van der Waals surface area (Å²) in [6, 6.07) is 8.76. The lowest BCUT2D eigenvalue weighted by atomic mass is 9.81. The van der Waals surface area contributed by atoms with Gasteiger partial charge in [0, 0.05) is 44.4 Å². The zero-order chi connectivity index (χ0) is 21.7. The van der Waals surface area contributed by atoms with E-state index in [1.807, 2.05) is 0 Å². The minimum atomic E-state index is -0.227. The van der Waals surface area contributed by atoms with E-state index in [2.05, 4.69) is 102 Å². The molecule has 3 aliphatic rings. The van der Waals surface area contributed by atoms with Gasteiger partial charge in [0.1, 0.15) is 0 Å². The molecule has 0 aromatic carbocycles. The average Bonchev–Trinajstić information content (AvgIpc) is 3.37. The fourth-order valence-corrected chi connectivity index (χ4v) is 4.94. The van der Waals surface area contributed by atoms with Crippen LogP contribution in [0.5, 0.6) is 0 Å². The number of nitrogens with zero attached hydrogens (tertiary/aromatic N) is 2. The van der Waals surface area contributed by atoms with Gasteiger partial charge in [-0.05, 0) is 52.0 Å². The quantitative estimate of drug-likeness (QED) is 0.542. The maximum Gasteiger partial charge on any atom is 0.0736 e. The second kappa shape index (κ2) is 5.54. The summed E-state index contributed by atoms with van der Waals surface area (Å²) in [5.74, 6) is 0. The molecule has 0 atom stereocenters. The van der Waals surface area contributed by atoms with Crippen LogP contribution in [0.3, 0.4) is 0 Å². The molecule has 2 N–H and O–H groups in total. The van der Waals surface area contributed by atoms with Crippen molar-refractivity contribution in [2.75, 3.05) is 0 Å². The highest BCUT2D eigenvalue weighted by molar-refractivity contribution is 6.07. The number of aromatic nitrogens is 2. The van der Waals surface area contributed by atoms with Crippen molar-refractivity contribution in [3.05, 3.63) is 70.6 Å². The standard InChI is InChI=1S/C26H32N4/c1-23(2)13-19-25(5,6)17-12-10-16(28-17)22-24(3,4)14-20(30-22)26(7,8)18-11-9-15(27-18)21(23)29-19/h9-14,27-28H,1-8H3. The molecule has 0 radical (unpaired) electrons. The number of H-pyrrole nitrogens is 2. The highest BCUT2D eigenvalue weighted by Gasteiger charge is 2.41. The minimum absolute atomic E-state index is 0.131. The fourth-order valence-electron chi connectivity index (χ4n) is 4.94. The van der Waals surface area contributed by atoms with E-state index in [0.29, 0.717) is 0 Å². The molecule has 0 fully saturated rings. The fraction of sp³-hybridized carbons (Fsp3) is 0.462. The first kappa shape index (κ1) is 19.3. The van der Waals surface area contributed by atoms with E-state index in [0.717, 1.165) is 34.2 Å². The summed E-state index contributed by atoms with van der Waals surface area (Å²) in [5.41, 5.74) is 8.22. The lowest BCUT2D eigenvalue weighted by Gasteiger charge is -2.24. The van der Waals surface area contributed by atoms with Gasteiger partial charge in [0.05, 0.1) is 22.8 Å². The summed E-state index contributed by atoms with van der Waals surface area (Å²) < 4.78 is 0. The monoisotopic (exact) mass is 400 g/mol. The minimum Gasteiger partial charge on any atom is -0.357 e. The summed E-state index contributed by atoms with van der Waals surface area (Å²) >= 11 is 0. The summed E-state index contributed by atoms with van der Waals surface area (Å²) in [4.78, 5) is 17.7. The molecule has 2 aromatic heterocycles. The van der Waals surface area contributed by atoms with Crippen molar-refractivity contribution in [2.24, 2.45) is 20.8 Å². The summed E-state index contributed by atoms with van der Waals surface area (Å²) in [6.07, 6.45) is 4.65. The van der Waals surface area contributed by atoms with Crippen LogP contribution in [0.15, 0.2) is 57.8 Å². The Balaban J connectivity index is 1.79. The van der Waals surface area contributed by atoms with Crippen LogP contribution >= 0.6 is 0 Å². The van der Waals surface area contributed by atoms with Crippen molar-refractivity contribution in [3.8, 4) is 0 Å². The largest absolute Gasteiger partial charge is 0.357 e. The van der Waals surface area contributed by atoms with Crippen LogP contribution in [0.1, 0.15) is 78.2 Å². The molecule has 0 saturated heterocycles. The Labute approximate surface area is 179 Å². The summed E-state index contributed by atoms with van der Waals surface area (Å²) in [5, 5.41) is 0. The molecule has 5 heterocycles. The van der Waals surface area contributed by atoms with Gasteiger partial charge in [0.2, 0.25) is 0 Å². The molecular weight excluding hydrogens is 368 g/mol. The van der Waals surface area contributed by atoms with Crippen LogP contribution in [-0.2, 0) is 10.8 Å². The molecule has 0 saturated carbocycles. The van der Waals surface area contributed by atoms with Gasteiger partial charge < -0.3 is 9.97 Å². The van der Waals surface area contributed by atoms with Gasteiger partial charge in [0.25, 0.3) is 0 Å². The maximum absolute atomic E-state index is 5.17. The third-order valence-corrected chi connectivity index (χ3v) is 7.19. The van der Waals surface area contributed by atoms with Crippen LogP contribution < -0.4 is 0 Å². The molecule has 0 aliphatic carbocycles. The van der Waals surface area contributed by atoms with Crippen LogP contribution in [0.4, 0.5) is 0 Å². The molecule has 3 aliphatic heterocycles. The normalized spacial score (nSPS) is 24.5. The van der Waals surface area contributed by atoms with Crippen LogP contribution in [0, 0.1) is 10.8 Å². The summed E-state index contributed by atoms with van der Waals surface area (Å²) in [6.45, 7) is 18.0. The van der Waals surface area contributed by atoms with Gasteiger partial charge in [-0.2, -0.15) is 0 Å². The molecule has 0 amide bonds. The zero-order valence-electron chi connectivity index (χ0n) is 19.4. The Morgan fingerprint density at radius 3 is 1.30 bits per heavy atom. The number of hydrogen-bond acceptors (Lipinski definition) is 2. The first-order chi connectivity index (χ1) is 13.8. The second-order valence-corrected chi connectivity index (χ2v) is 11.2. The molecule has 156 valence electrons. The molecule has 4 nitrogen and oxygen atoms in total. The lowest BCUT2D eigenvalue weighted by molar-refractivity contribution is 0.587. The van der Waals surface area contributed by atoms with Gasteiger partial charge in [-0.1, -0.05) is 39.8 Å². The number of nitrogens with one attached hydrogen (secondary N) is 2. The average molecular weight is 401 g/mol. The topological polar surface area (TPSA) is 56.3 Å². The van der Waals surface area contributed by atoms with Crippen LogP contribution in [0.2, 0.25) is 0 Å². The molecule has 2 aromatic rings. The Bertz CT molecular complexity index is 1090. The van der Waals surface area contributed by atoms with Crippen molar-refractivity contribution in [1.82, 2.24) is 9.97 Å². The van der Waals surface area contributed by atoms with Gasteiger partial charge in [-0.3, -0.25) is 9.98 Å². The van der Waals surface area contributed by atoms with Crippen molar-refractivity contribution in [3.63, 3.8) is 0 Å². The molecule has 8 bridgehead atoms. The smallest absolute Gasteiger partial charge is 0.0736 e. The predicted octanol–water partition coefficient (Wildman–Crippen LogP) is 6.04. The number of rotatable bonds is 0. The number of aromatic amines is 2. The Morgan fingerprint density at radius 1 is 0.567 bits per heavy atom. The van der Waals surface area contributed by atoms with Crippen molar-refractivity contribution in [1.29, 1.82) is 0 Å². The van der Waals surface area contributed by atoms with Gasteiger partial charge in [-0.15, -0.1) is 0 Å². The molecular formula is C26H32N4. The molecule has 0 unspecified atom stereocenters. The number of hydrogen-bond donors (Lipinski definition) is 2. The Kier molecular flexibility index (Phi) is 3.57.